The van der Waals surface area contributed by atoms with Gasteiger partial charge in [-0.25, -0.2) is 0 Å². The van der Waals surface area contributed by atoms with Gasteiger partial charge in [-0.15, -0.1) is 0 Å². The van der Waals surface area contributed by atoms with Crippen LogP contribution in [0.4, 0.5) is 17.1 Å². The third kappa shape index (κ3) is 4.31. The molecule has 1 spiro atoms. The molecule has 1 heterocycles. The van der Waals surface area contributed by atoms with Crippen LogP contribution in [0.25, 0.3) is 38.6 Å². The maximum Gasteiger partial charge on any atom is 0.0541 e. The lowest BCUT2D eigenvalue weighted by Gasteiger charge is -2.59. The molecule has 0 amide bonds. The number of hydrogen-bond acceptors (Lipinski definition) is 1. The number of halogens is 2. The molecule has 4 aliphatic rings. The summed E-state index contributed by atoms with van der Waals surface area (Å²) in [5, 5.41) is 2.56. The Hall–Kier alpha value is -4.12. The molecule has 3 bridgehead atoms. The van der Waals surface area contributed by atoms with E-state index in [4.69, 9.17) is 0 Å². The molecule has 11 rings (SSSR count). The van der Waals surface area contributed by atoms with Gasteiger partial charge in [-0.05, 0) is 162 Å². The molecular weight excluding hydrogens is 740 g/mol. The van der Waals surface area contributed by atoms with Gasteiger partial charge in [0.05, 0.1) is 11.0 Å². The molecule has 4 aliphatic carbocycles. The van der Waals surface area contributed by atoms with Gasteiger partial charge in [0.25, 0.3) is 0 Å². The van der Waals surface area contributed by atoms with Crippen LogP contribution in [0.15, 0.2) is 142 Å². The molecule has 2 nitrogen and oxygen atoms in total. The largest absolute Gasteiger partial charge is 0.310 e. The second kappa shape index (κ2) is 10.9. The van der Waals surface area contributed by atoms with E-state index in [0.717, 1.165) is 43.8 Å². The minimum Gasteiger partial charge on any atom is -0.310 e. The summed E-state index contributed by atoms with van der Waals surface area (Å²) in [7, 11) is 0. The van der Waals surface area contributed by atoms with E-state index in [2.05, 4.69) is 175 Å². The summed E-state index contributed by atoms with van der Waals surface area (Å²) in [5.41, 5.74) is 13.5. The lowest BCUT2D eigenvalue weighted by atomic mass is 9.45. The topological polar surface area (TPSA) is 8.17 Å². The molecule has 0 saturated heterocycles. The number of benzene rings is 6. The van der Waals surface area contributed by atoms with Crippen molar-refractivity contribution in [2.45, 2.75) is 43.9 Å². The Balaban J connectivity index is 1.15. The molecular formula is C46H36Br2N2. The van der Waals surface area contributed by atoms with Gasteiger partial charge in [-0.2, -0.15) is 0 Å². The molecule has 244 valence electrons. The van der Waals surface area contributed by atoms with Crippen molar-refractivity contribution in [3.63, 3.8) is 0 Å². The summed E-state index contributed by atoms with van der Waals surface area (Å²) in [6.45, 7) is 0. The predicted octanol–water partition coefficient (Wildman–Crippen LogP) is 13.8. The molecule has 0 aliphatic heterocycles. The van der Waals surface area contributed by atoms with Crippen LogP contribution in [0.2, 0.25) is 0 Å². The minimum atomic E-state index is 0.627. The van der Waals surface area contributed by atoms with E-state index < -0.39 is 0 Å². The van der Waals surface area contributed by atoms with Crippen LogP contribution < -0.4 is 4.90 Å². The highest BCUT2D eigenvalue weighted by molar-refractivity contribution is 9.10. The highest BCUT2D eigenvalue weighted by Crippen LogP contribution is 2.76. The minimum absolute atomic E-state index is 0.627. The first-order chi connectivity index (χ1) is 24.5. The van der Waals surface area contributed by atoms with Crippen LogP contribution in [0, 0.1) is 17.3 Å². The summed E-state index contributed by atoms with van der Waals surface area (Å²) in [4.78, 5) is 2.40. The fourth-order valence-electron chi connectivity index (χ4n) is 11.0. The molecule has 50 heavy (non-hydrogen) atoms. The zero-order valence-corrected chi connectivity index (χ0v) is 30.9. The fourth-order valence-corrected chi connectivity index (χ4v) is 11.5. The third-order valence-electron chi connectivity index (χ3n) is 13.0. The van der Waals surface area contributed by atoms with Gasteiger partial charge in [-0.1, -0.05) is 86.5 Å². The van der Waals surface area contributed by atoms with E-state index in [0.29, 0.717) is 11.3 Å². The SMILES string of the molecule is Brc1ccc(N(c2ccc(Br)cc2)c2cc(-c3ccc4c(c3)C3CC5CC6CC4C6(C5)C3)cc(-n3c4ccccc4c4ccccc43)c2)cc1. The molecule has 5 unspecified atom stereocenters. The van der Waals surface area contributed by atoms with Crippen molar-refractivity contribution in [3.8, 4) is 16.8 Å². The highest BCUT2D eigenvalue weighted by atomic mass is 79.9. The maximum absolute atomic E-state index is 3.68. The molecule has 0 N–H and O–H groups in total. The first-order valence-electron chi connectivity index (χ1n) is 18.1. The monoisotopic (exact) mass is 774 g/mol. The molecule has 3 fully saturated rings. The number of nitrogens with zero attached hydrogens (tertiary/aromatic N) is 2. The van der Waals surface area contributed by atoms with Crippen molar-refractivity contribution in [3.05, 3.63) is 154 Å². The predicted molar refractivity (Wildman–Crippen MR) is 214 cm³/mol. The Morgan fingerprint density at radius 1 is 0.560 bits per heavy atom. The lowest BCUT2D eigenvalue weighted by molar-refractivity contribution is -0.0117. The summed E-state index contributed by atoms with van der Waals surface area (Å²) < 4.78 is 4.61. The molecule has 0 radical (unpaired) electrons. The first-order valence-corrected chi connectivity index (χ1v) is 19.7. The molecule has 4 heteroatoms. The molecule has 3 saturated carbocycles. The summed E-state index contributed by atoms with van der Waals surface area (Å²) in [6, 6.07) is 49.8. The van der Waals surface area contributed by atoms with Crippen molar-refractivity contribution >= 4 is 70.7 Å². The van der Waals surface area contributed by atoms with Crippen LogP contribution in [-0.4, -0.2) is 4.57 Å². The number of fused-ring (bicyclic) bond motifs is 8. The number of aromatic nitrogens is 1. The van der Waals surface area contributed by atoms with Gasteiger partial charge in [0.2, 0.25) is 0 Å². The Morgan fingerprint density at radius 2 is 1.22 bits per heavy atom. The lowest BCUT2D eigenvalue weighted by Crippen LogP contribution is -2.48. The molecule has 7 aromatic rings. The van der Waals surface area contributed by atoms with E-state index in [1.807, 2.05) is 0 Å². The average molecular weight is 777 g/mol. The van der Waals surface area contributed by atoms with Crippen molar-refractivity contribution in [2.24, 2.45) is 17.3 Å². The first kappa shape index (κ1) is 29.6. The second-order valence-corrected chi connectivity index (χ2v) is 17.2. The van der Waals surface area contributed by atoms with E-state index in [-0.39, 0.29) is 0 Å². The Bertz CT molecular complexity index is 2380. The van der Waals surface area contributed by atoms with Crippen molar-refractivity contribution in [1.82, 2.24) is 4.57 Å². The van der Waals surface area contributed by atoms with Crippen LogP contribution in [0.5, 0.6) is 0 Å². The number of rotatable bonds is 5. The van der Waals surface area contributed by atoms with Gasteiger partial charge in [-0.3, -0.25) is 0 Å². The Kier molecular flexibility index (Phi) is 6.47. The normalized spacial score (nSPS) is 24.3. The highest BCUT2D eigenvalue weighted by Gasteiger charge is 2.65. The quantitative estimate of drug-likeness (QED) is 0.169. The van der Waals surface area contributed by atoms with Crippen LogP contribution in [0.3, 0.4) is 0 Å². The van der Waals surface area contributed by atoms with Crippen molar-refractivity contribution in [2.75, 3.05) is 4.90 Å². The zero-order chi connectivity index (χ0) is 33.1. The third-order valence-corrected chi connectivity index (χ3v) is 14.0. The number of anilines is 3. The summed E-state index contributed by atoms with van der Waals surface area (Å²) in [5.74, 6) is 3.43. The van der Waals surface area contributed by atoms with Crippen molar-refractivity contribution in [1.29, 1.82) is 0 Å². The summed E-state index contributed by atoms with van der Waals surface area (Å²) in [6.07, 6.45) is 7.20. The number of para-hydroxylation sites is 2. The summed E-state index contributed by atoms with van der Waals surface area (Å²) >= 11 is 7.36. The van der Waals surface area contributed by atoms with E-state index in [9.17, 15) is 0 Å². The number of hydrogen-bond donors (Lipinski definition) is 0. The molecule has 5 atom stereocenters. The molecule has 1 aromatic heterocycles. The van der Waals surface area contributed by atoms with Gasteiger partial charge in [0.1, 0.15) is 0 Å². The van der Waals surface area contributed by atoms with Crippen molar-refractivity contribution < 1.29 is 0 Å². The fraction of sp³-hybridized carbons (Fsp3) is 0.217. The maximum atomic E-state index is 3.68. The smallest absolute Gasteiger partial charge is 0.0541 e. The van der Waals surface area contributed by atoms with Gasteiger partial charge < -0.3 is 9.47 Å². The van der Waals surface area contributed by atoms with Crippen LogP contribution in [0.1, 0.15) is 55.1 Å². The molecule has 6 aromatic carbocycles. The van der Waals surface area contributed by atoms with Gasteiger partial charge >= 0.3 is 0 Å². The van der Waals surface area contributed by atoms with Crippen LogP contribution >= 0.6 is 31.9 Å². The van der Waals surface area contributed by atoms with E-state index in [1.165, 1.54) is 70.7 Å². The van der Waals surface area contributed by atoms with E-state index in [1.54, 1.807) is 11.1 Å². The zero-order valence-electron chi connectivity index (χ0n) is 27.7. The van der Waals surface area contributed by atoms with Gasteiger partial charge in [0, 0.05) is 42.5 Å². The van der Waals surface area contributed by atoms with Gasteiger partial charge in [0.15, 0.2) is 0 Å². The second-order valence-electron chi connectivity index (χ2n) is 15.4. The standard InChI is InChI=1S/C46H36Br2N2/c47-33-10-14-35(15-11-33)49(36-16-12-34(48)13-17-36)37-21-30(22-38(25-37)50-44-7-3-1-5-40(44)41-6-2-4-8-45(41)50)29-9-18-39-42(23-29)31-19-28-20-32-24-43(39)46(32,26-28)27-31/h1-18,21-23,25,28,31-32,43H,19-20,24,26-27H2. The Labute approximate surface area is 310 Å². The van der Waals surface area contributed by atoms with E-state index >= 15 is 0 Å². The Morgan fingerprint density at radius 3 is 1.90 bits per heavy atom. The average Bonchev–Trinajstić information content (AvgIpc) is 3.59. The van der Waals surface area contributed by atoms with Crippen LogP contribution in [-0.2, 0) is 0 Å².